The fraction of sp³-hybridized carbons (Fsp3) is 0.241. The molecule has 0 fully saturated rings. The third kappa shape index (κ3) is 5.72. The molecule has 180 valence electrons. The summed E-state index contributed by atoms with van der Waals surface area (Å²) in [6, 6.07) is 22.8. The van der Waals surface area contributed by atoms with Gasteiger partial charge in [0.1, 0.15) is 11.5 Å². The van der Waals surface area contributed by atoms with Crippen molar-refractivity contribution in [3.63, 3.8) is 0 Å². The Bertz CT molecular complexity index is 1200. The number of nitrogens with one attached hydrogen (secondary N) is 1. The lowest BCUT2D eigenvalue weighted by Crippen LogP contribution is -2.37. The second kappa shape index (κ2) is 10.9. The predicted octanol–water partition coefficient (Wildman–Crippen LogP) is 5.07. The first-order chi connectivity index (χ1) is 17.0. The molecule has 6 heteroatoms. The maximum Gasteiger partial charge on any atom is 0.223 e. The fourth-order valence-electron chi connectivity index (χ4n) is 4.43. The van der Waals surface area contributed by atoms with Crippen LogP contribution in [-0.2, 0) is 16.0 Å². The molecular formula is C29H30N2O4. The summed E-state index contributed by atoms with van der Waals surface area (Å²) in [6.07, 6.45) is 4.45. The van der Waals surface area contributed by atoms with Crippen LogP contribution in [-0.4, -0.2) is 30.9 Å². The Morgan fingerprint density at radius 1 is 0.914 bits per heavy atom. The topological polar surface area (TPSA) is 67.9 Å². The molecule has 4 rings (SSSR count). The van der Waals surface area contributed by atoms with Crippen LogP contribution in [0.5, 0.6) is 11.5 Å². The Balaban J connectivity index is 1.57. The van der Waals surface area contributed by atoms with Crippen molar-refractivity contribution in [1.82, 2.24) is 10.2 Å². The molecule has 0 aliphatic carbocycles. The zero-order valence-electron chi connectivity index (χ0n) is 20.2. The van der Waals surface area contributed by atoms with Crippen molar-refractivity contribution in [2.24, 2.45) is 0 Å². The van der Waals surface area contributed by atoms with E-state index in [1.54, 1.807) is 25.3 Å². The number of nitrogens with zero attached hydrogens (tertiary/aromatic N) is 1. The molecule has 1 N–H and O–H groups in total. The van der Waals surface area contributed by atoms with Gasteiger partial charge in [-0.15, -0.1) is 0 Å². The highest BCUT2D eigenvalue weighted by Crippen LogP contribution is 2.33. The third-order valence-electron chi connectivity index (χ3n) is 6.30. The Kier molecular flexibility index (Phi) is 7.51. The van der Waals surface area contributed by atoms with Gasteiger partial charge >= 0.3 is 0 Å². The molecule has 1 aliphatic rings. The lowest BCUT2D eigenvalue weighted by molar-refractivity contribution is -0.130. The molecule has 0 bridgehead atoms. The van der Waals surface area contributed by atoms with Gasteiger partial charge in [0.25, 0.3) is 0 Å². The molecule has 0 unspecified atom stereocenters. The highest BCUT2D eigenvalue weighted by Gasteiger charge is 2.29. The van der Waals surface area contributed by atoms with Crippen molar-refractivity contribution in [3.8, 4) is 11.5 Å². The van der Waals surface area contributed by atoms with E-state index in [4.69, 9.17) is 9.47 Å². The van der Waals surface area contributed by atoms with Crippen molar-refractivity contribution < 1.29 is 19.1 Å². The maximum atomic E-state index is 13.4. The smallest absolute Gasteiger partial charge is 0.223 e. The summed E-state index contributed by atoms with van der Waals surface area (Å²) < 4.78 is 10.6. The van der Waals surface area contributed by atoms with Crippen LogP contribution in [0.3, 0.4) is 0 Å². The van der Waals surface area contributed by atoms with Gasteiger partial charge in [-0.1, -0.05) is 48.5 Å². The number of carbonyl (C=O) groups excluding carboxylic acids is 2. The van der Waals surface area contributed by atoms with Gasteiger partial charge < -0.3 is 19.7 Å². The van der Waals surface area contributed by atoms with Crippen LogP contribution in [0.4, 0.5) is 0 Å². The standard InChI is InChI=1S/C29H30N2O4/c1-20(32)31-17-16-22-6-4-5-7-26(22)28(31)19-29(33)30-27(23-10-14-25(35-3)15-11-23)18-21-8-12-24(34-2)13-9-21/h4-17,27-28H,18-19H2,1-3H3,(H,30,33)/t27-,28-/m0/s1. The SMILES string of the molecule is COc1ccc(C[C@H](NC(=O)C[C@H]2c3ccccc3C=CN2C(C)=O)c2ccc(OC)cc2)cc1. The Hall–Kier alpha value is -4.06. The van der Waals surface area contributed by atoms with E-state index in [1.807, 2.05) is 78.9 Å². The fourth-order valence-corrected chi connectivity index (χ4v) is 4.43. The molecule has 0 saturated carbocycles. The summed E-state index contributed by atoms with van der Waals surface area (Å²) in [4.78, 5) is 27.3. The first-order valence-corrected chi connectivity index (χ1v) is 11.6. The number of hydrogen-bond acceptors (Lipinski definition) is 4. The largest absolute Gasteiger partial charge is 0.497 e. The molecular weight excluding hydrogens is 440 g/mol. The summed E-state index contributed by atoms with van der Waals surface area (Å²) in [6.45, 7) is 1.52. The first kappa shape index (κ1) is 24.1. The lowest BCUT2D eigenvalue weighted by Gasteiger charge is -2.32. The zero-order chi connectivity index (χ0) is 24.8. The normalized spacial score (nSPS) is 15.2. The van der Waals surface area contributed by atoms with E-state index in [0.29, 0.717) is 6.42 Å². The molecule has 0 radical (unpaired) electrons. The van der Waals surface area contributed by atoms with Crippen molar-refractivity contribution in [3.05, 3.63) is 101 Å². The van der Waals surface area contributed by atoms with Gasteiger partial charge in [0.15, 0.2) is 0 Å². The number of benzene rings is 3. The van der Waals surface area contributed by atoms with E-state index in [9.17, 15) is 9.59 Å². The van der Waals surface area contributed by atoms with Gasteiger partial charge in [-0.2, -0.15) is 0 Å². The minimum Gasteiger partial charge on any atom is -0.497 e. The molecule has 1 heterocycles. The Morgan fingerprint density at radius 3 is 2.17 bits per heavy atom. The highest BCUT2D eigenvalue weighted by molar-refractivity contribution is 5.82. The van der Waals surface area contributed by atoms with E-state index in [1.165, 1.54) is 6.92 Å². The number of rotatable bonds is 8. The van der Waals surface area contributed by atoms with Crippen molar-refractivity contribution in [1.29, 1.82) is 0 Å². The number of fused-ring (bicyclic) bond motifs is 1. The summed E-state index contributed by atoms with van der Waals surface area (Å²) >= 11 is 0. The van der Waals surface area contributed by atoms with Crippen LogP contribution in [0.15, 0.2) is 79.0 Å². The van der Waals surface area contributed by atoms with Crippen LogP contribution < -0.4 is 14.8 Å². The Labute approximate surface area is 206 Å². The second-order valence-electron chi connectivity index (χ2n) is 8.54. The van der Waals surface area contributed by atoms with E-state index in [2.05, 4.69) is 5.32 Å². The number of amides is 2. The molecule has 2 amide bonds. The van der Waals surface area contributed by atoms with Gasteiger partial charge in [0.2, 0.25) is 11.8 Å². The van der Waals surface area contributed by atoms with E-state index < -0.39 is 0 Å². The summed E-state index contributed by atoms with van der Waals surface area (Å²) in [5.41, 5.74) is 4.04. The highest BCUT2D eigenvalue weighted by atomic mass is 16.5. The zero-order valence-corrected chi connectivity index (χ0v) is 20.2. The first-order valence-electron chi connectivity index (χ1n) is 11.6. The van der Waals surface area contributed by atoms with Gasteiger partial charge in [0, 0.05) is 13.1 Å². The Morgan fingerprint density at radius 2 is 1.54 bits per heavy atom. The maximum absolute atomic E-state index is 13.4. The van der Waals surface area contributed by atoms with E-state index >= 15 is 0 Å². The molecule has 0 saturated heterocycles. The molecule has 3 aromatic rings. The molecule has 6 nitrogen and oxygen atoms in total. The average molecular weight is 471 g/mol. The van der Waals surface area contributed by atoms with Gasteiger partial charge in [0.05, 0.1) is 32.7 Å². The monoisotopic (exact) mass is 470 g/mol. The van der Waals surface area contributed by atoms with Gasteiger partial charge in [-0.05, 0) is 59.0 Å². The van der Waals surface area contributed by atoms with Crippen molar-refractivity contribution in [2.75, 3.05) is 14.2 Å². The molecule has 3 aromatic carbocycles. The van der Waals surface area contributed by atoms with Gasteiger partial charge in [-0.3, -0.25) is 9.59 Å². The molecule has 35 heavy (non-hydrogen) atoms. The number of methoxy groups -OCH3 is 2. The van der Waals surface area contributed by atoms with Crippen molar-refractivity contribution >= 4 is 17.9 Å². The van der Waals surface area contributed by atoms with E-state index in [-0.39, 0.29) is 30.3 Å². The van der Waals surface area contributed by atoms with Crippen LogP contribution in [0.1, 0.15) is 47.7 Å². The second-order valence-corrected chi connectivity index (χ2v) is 8.54. The molecule has 2 atom stereocenters. The summed E-state index contributed by atoms with van der Waals surface area (Å²) in [5.74, 6) is 1.32. The van der Waals surface area contributed by atoms with Crippen LogP contribution in [0.2, 0.25) is 0 Å². The van der Waals surface area contributed by atoms with Crippen LogP contribution in [0.25, 0.3) is 6.08 Å². The summed E-state index contributed by atoms with van der Waals surface area (Å²) in [7, 11) is 3.27. The molecule has 1 aliphatic heterocycles. The average Bonchev–Trinajstić information content (AvgIpc) is 2.88. The number of ether oxygens (including phenoxy) is 2. The van der Waals surface area contributed by atoms with Crippen molar-refractivity contribution in [2.45, 2.75) is 31.8 Å². The minimum atomic E-state index is -0.355. The van der Waals surface area contributed by atoms with Crippen LogP contribution in [0, 0.1) is 0 Å². The predicted molar refractivity (Wildman–Crippen MR) is 136 cm³/mol. The van der Waals surface area contributed by atoms with Gasteiger partial charge in [-0.25, -0.2) is 0 Å². The minimum absolute atomic E-state index is 0.0986. The number of carbonyl (C=O) groups is 2. The van der Waals surface area contributed by atoms with Crippen LogP contribution >= 0.6 is 0 Å². The quantitative estimate of drug-likeness (QED) is 0.499. The molecule has 0 spiro atoms. The number of hydrogen-bond donors (Lipinski definition) is 1. The van der Waals surface area contributed by atoms with E-state index in [0.717, 1.165) is 33.8 Å². The third-order valence-corrected chi connectivity index (χ3v) is 6.30. The lowest BCUT2D eigenvalue weighted by atomic mass is 9.93. The summed E-state index contributed by atoms with van der Waals surface area (Å²) in [5, 5.41) is 3.21. The molecule has 0 aromatic heterocycles.